The Morgan fingerprint density at radius 1 is 1.23 bits per heavy atom. The van der Waals surface area contributed by atoms with E-state index in [-0.39, 0.29) is 37.1 Å². The molecule has 0 aliphatic rings. The van der Waals surface area contributed by atoms with E-state index in [2.05, 4.69) is 20.6 Å². The second-order valence-electron chi connectivity index (χ2n) is 6.63. The third kappa shape index (κ3) is 6.99. The van der Waals surface area contributed by atoms with Crippen LogP contribution < -0.4 is 15.4 Å². The largest absolute Gasteiger partial charge is 0.494 e. The van der Waals surface area contributed by atoms with E-state index < -0.39 is 24.0 Å². The molecular weight excluding hydrogens is 526 g/mol. The Bertz CT molecular complexity index is 844. The second kappa shape index (κ2) is 12.1. The average molecular weight is 555 g/mol. The van der Waals surface area contributed by atoms with Gasteiger partial charge in [0.15, 0.2) is 5.96 Å². The smallest absolute Gasteiger partial charge is 0.424 e. The fourth-order valence-corrected chi connectivity index (χ4v) is 2.94. The molecule has 0 fully saturated rings. The molecule has 1 heterocycles. The third-order valence-corrected chi connectivity index (χ3v) is 4.46. The van der Waals surface area contributed by atoms with Crippen molar-refractivity contribution < 1.29 is 23.0 Å². The first-order valence-electron chi connectivity index (χ1n) is 9.72. The fraction of sp³-hybridized carbons (Fsp3) is 0.500. The molecule has 2 rings (SSSR count). The van der Waals surface area contributed by atoms with E-state index in [9.17, 15) is 18.3 Å². The summed E-state index contributed by atoms with van der Waals surface area (Å²) in [5, 5.41) is 16.3. The molecule has 0 spiro atoms. The van der Waals surface area contributed by atoms with Crippen LogP contribution in [0.1, 0.15) is 31.7 Å². The molecule has 7 nitrogen and oxygen atoms in total. The molecule has 11 heteroatoms. The van der Waals surface area contributed by atoms with Crippen LogP contribution in [0.2, 0.25) is 0 Å². The zero-order chi connectivity index (χ0) is 22.2. The summed E-state index contributed by atoms with van der Waals surface area (Å²) in [7, 11) is 1.41. The van der Waals surface area contributed by atoms with Crippen molar-refractivity contribution in [3.05, 3.63) is 48.0 Å². The van der Waals surface area contributed by atoms with E-state index in [1.54, 1.807) is 0 Å². The van der Waals surface area contributed by atoms with Gasteiger partial charge in [0.25, 0.3) is 0 Å². The first-order valence-corrected chi connectivity index (χ1v) is 9.72. The predicted molar refractivity (Wildman–Crippen MR) is 124 cm³/mol. The predicted octanol–water partition coefficient (Wildman–Crippen LogP) is 3.33. The van der Waals surface area contributed by atoms with E-state index in [0.717, 1.165) is 10.1 Å². The Kier molecular flexibility index (Phi) is 10.6. The van der Waals surface area contributed by atoms with Crippen LogP contribution in [0.4, 0.5) is 13.2 Å². The van der Waals surface area contributed by atoms with Gasteiger partial charge in [-0.15, -0.1) is 24.0 Å². The number of ether oxygens (including phenoxy) is 1. The molecule has 1 unspecified atom stereocenters. The molecule has 3 N–H and O–H groups in total. The normalized spacial score (nSPS) is 13.8. The van der Waals surface area contributed by atoms with Crippen molar-refractivity contribution in [1.82, 2.24) is 20.2 Å². The highest BCUT2D eigenvalue weighted by atomic mass is 127. The minimum atomic E-state index is -4.88. The lowest BCUT2D eigenvalue weighted by Gasteiger charge is -2.30. The lowest BCUT2D eigenvalue weighted by Crippen LogP contribution is -2.47. The summed E-state index contributed by atoms with van der Waals surface area (Å²) < 4.78 is 47.6. The molecule has 0 saturated heterocycles. The maximum atomic E-state index is 13.6. The number of nitrogens with zero attached hydrogens (tertiary/aromatic N) is 3. The number of rotatable bonds is 9. The van der Waals surface area contributed by atoms with Gasteiger partial charge in [-0.05, 0) is 19.9 Å². The van der Waals surface area contributed by atoms with Crippen LogP contribution in [0.25, 0.3) is 0 Å². The zero-order valence-corrected chi connectivity index (χ0v) is 20.1. The molecule has 1 aromatic heterocycles. The molecule has 0 aliphatic carbocycles. The summed E-state index contributed by atoms with van der Waals surface area (Å²) in [6.45, 7) is 4.90. The number of benzene rings is 1. The lowest BCUT2D eigenvalue weighted by atomic mass is 9.97. The molecule has 0 amide bonds. The van der Waals surface area contributed by atoms with Gasteiger partial charge in [0.2, 0.25) is 5.60 Å². The highest BCUT2D eigenvalue weighted by Gasteiger charge is 2.57. The number of hydrogen-bond acceptors (Lipinski definition) is 4. The highest BCUT2D eigenvalue weighted by molar-refractivity contribution is 14.0. The minimum absolute atomic E-state index is 0. The van der Waals surface area contributed by atoms with E-state index in [0.29, 0.717) is 24.9 Å². The van der Waals surface area contributed by atoms with Crippen molar-refractivity contribution in [1.29, 1.82) is 0 Å². The van der Waals surface area contributed by atoms with Crippen molar-refractivity contribution in [3.8, 4) is 5.75 Å². The van der Waals surface area contributed by atoms with Crippen LogP contribution in [0.5, 0.6) is 5.75 Å². The van der Waals surface area contributed by atoms with Gasteiger partial charge in [0, 0.05) is 44.5 Å². The van der Waals surface area contributed by atoms with E-state index in [4.69, 9.17) is 4.74 Å². The fourth-order valence-electron chi connectivity index (χ4n) is 2.94. The second-order valence-corrected chi connectivity index (χ2v) is 6.63. The molecule has 31 heavy (non-hydrogen) atoms. The summed E-state index contributed by atoms with van der Waals surface area (Å²) in [6.07, 6.45) is -2.91. The number of aliphatic imine (C=N–C) groups is 1. The SMILES string of the molecule is CCNC(=NCc1ccccc1OCC)NCCC(O)(c1nccn1C)C(F)(F)F.I. The van der Waals surface area contributed by atoms with Crippen molar-refractivity contribution in [2.75, 3.05) is 19.7 Å². The van der Waals surface area contributed by atoms with Crippen LogP contribution in [0.3, 0.4) is 0 Å². The summed E-state index contributed by atoms with van der Waals surface area (Å²) in [5.41, 5.74) is -2.21. The summed E-state index contributed by atoms with van der Waals surface area (Å²) >= 11 is 0. The summed E-state index contributed by atoms with van der Waals surface area (Å²) in [5.74, 6) is 0.596. The number of nitrogens with one attached hydrogen (secondary N) is 2. The lowest BCUT2D eigenvalue weighted by molar-refractivity contribution is -0.272. The van der Waals surface area contributed by atoms with Gasteiger partial charge in [-0.2, -0.15) is 13.2 Å². The van der Waals surface area contributed by atoms with Crippen LogP contribution in [0.15, 0.2) is 41.7 Å². The number of para-hydroxylation sites is 1. The summed E-state index contributed by atoms with van der Waals surface area (Å²) in [4.78, 5) is 8.12. The number of guanidine groups is 1. The Morgan fingerprint density at radius 2 is 1.94 bits per heavy atom. The molecule has 0 radical (unpaired) electrons. The topological polar surface area (TPSA) is 83.7 Å². The Labute approximate surface area is 197 Å². The Balaban J connectivity index is 0.00000480. The number of halogens is 4. The molecular formula is C20H29F3IN5O2. The van der Waals surface area contributed by atoms with Gasteiger partial charge in [0.05, 0.1) is 13.2 Å². The molecule has 1 atom stereocenters. The average Bonchev–Trinajstić information content (AvgIpc) is 3.12. The van der Waals surface area contributed by atoms with Crippen molar-refractivity contribution in [3.63, 3.8) is 0 Å². The number of alkyl halides is 3. The standard InChI is InChI=1S/C20H28F3N5O2.HI/c1-4-24-18(27-14-15-8-6-7-9-16(15)30-5-2)26-11-10-19(29,20(21,22)23)17-25-12-13-28(17)3;/h6-9,12-13,29H,4-5,10-11,14H2,1-3H3,(H2,24,26,27);1H. The molecule has 2 aromatic rings. The van der Waals surface area contributed by atoms with Gasteiger partial charge in [-0.1, -0.05) is 18.2 Å². The Morgan fingerprint density at radius 3 is 2.52 bits per heavy atom. The van der Waals surface area contributed by atoms with Gasteiger partial charge in [-0.3, -0.25) is 0 Å². The molecule has 0 saturated carbocycles. The van der Waals surface area contributed by atoms with Gasteiger partial charge >= 0.3 is 6.18 Å². The molecule has 174 valence electrons. The maximum Gasteiger partial charge on any atom is 0.424 e. The van der Waals surface area contributed by atoms with Crippen LogP contribution in [0, 0.1) is 0 Å². The number of aliphatic hydroxyl groups is 1. The maximum absolute atomic E-state index is 13.6. The zero-order valence-electron chi connectivity index (χ0n) is 17.7. The molecule has 0 bridgehead atoms. The molecule has 1 aromatic carbocycles. The van der Waals surface area contributed by atoms with Crippen LogP contribution in [-0.2, 0) is 19.2 Å². The first-order chi connectivity index (χ1) is 14.2. The molecule has 0 aliphatic heterocycles. The monoisotopic (exact) mass is 555 g/mol. The quantitative estimate of drug-likeness (QED) is 0.251. The van der Waals surface area contributed by atoms with Crippen molar-refractivity contribution in [2.24, 2.45) is 12.0 Å². The first kappa shape index (κ1) is 27.0. The van der Waals surface area contributed by atoms with E-state index >= 15 is 0 Å². The van der Waals surface area contributed by atoms with E-state index in [1.807, 2.05) is 38.1 Å². The van der Waals surface area contributed by atoms with Crippen LogP contribution >= 0.6 is 24.0 Å². The third-order valence-electron chi connectivity index (χ3n) is 4.46. The van der Waals surface area contributed by atoms with Gasteiger partial charge in [0.1, 0.15) is 11.6 Å². The van der Waals surface area contributed by atoms with Crippen molar-refractivity contribution in [2.45, 2.75) is 38.6 Å². The summed E-state index contributed by atoms with van der Waals surface area (Å²) in [6, 6.07) is 7.44. The Hall–Kier alpha value is -2.02. The minimum Gasteiger partial charge on any atom is -0.494 e. The number of imidazole rings is 1. The number of aromatic nitrogens is 2. The highest BCUT2D eigenvalue weighted by Crippen LogP contribution is 2.40. The van der Waals surface area contributed by atoms with Gasteiger partial charge < -0.3 is 25.0 Å². The van der Waals surface area contributed by atoms with Crippen molar-refractivity contribution >= 4 is 29.9 Å². The van der Waals surface area contributed by atoms with E-state index in [1.165, 1.54) is 19.4 Å². The van der Waals surface area contributed by atoms with Gasteiger partial charge in [-0.25, -0.2) is 9.98 Å². The number of aryl methyl sites for hydroxylation is 1. The van der Waals surface area contributed by atoms with Crippen LogP contribution in [-0.4, -0.2) is 46.5 Å². The number of hydrogen-bond donors (Lipinski definition) is 3.